The van der Waals surface area contributed by atoms with E-state index < -0.39 is 5.97 Å². The molecule has 46 valence electrons. The fourth-order valence-corrected chi connectivity index (χ4v) is 0.214. The molecule has 0 aliphatic carbocycles. The van der Waals surface area contributed by atoms with E-state index in [4.69, 9.17) is 5.11 Å². The molecule has 0 unspecified atom stereocenters. The Bertz CT molecular complexity index is 55.2. The average Bonchev–Trinajstić information content (AvgIpc) is 1.35. The topological polar surface area (TPSA) is 68.8 Å². The van der Waals surface area contributed by atoms with Crippen molar-refractivity contribution >= 4 is 24.8 Å². The van der Waals surface area contributed by atoms with Crippen molar-refractivity contribution < 1.29 is 15.4 Å². The average molecular weight is 114 g/mol. The minimum absolute atomic E-state index is 0. The molecule has 0 aromatic heterocycles. The van der Waals surface area contributed by atoms with Gasteiger partial charge >= 0.3 is 24.8 Å². The van der Waals surface area contributed by atoms with Crippen molar-refractivity contribution in [3.63, 3.8) is 0 Å². The third-order valence-electron chi connectivity index (χ3n) is 0.464. The van der Waals surface area contributed by atoms with Crippen LogP contribution in [0, 0.1) is 0 Å². The van der Waals surface area contributed by atoms with E-state index in [1.807, 2.05) is 6.92 Å². The van der Waals surface area contributed by atoms with Crippen LogP contribution in [0.3, 0.4) is 0 Å². The SMILES string of the molecule is CCCC(=O)O.O.[LiH]. The fourth-order valence-electron chi connectivity index (χ4n) is 0.214. The van der Waals surface area contributed by atoms with Crippen molar-refractivity contribution in [2.24, 2.45) is 0 Å². The zero-order chi connectivity index (χ0) is 4.99. The van der Waals surface area contributed by atoms with E-state index in [0.717, 1.165) is 6.42 Å². The summed E-state index contributed by atoms with van der Waals surface area (Å²) in [7, 11) is 0. The summed E-state index contributed by atoms with van der Waals surface area (Å²) in [5, 5.41) is 7.91. The van der Waals surface area contributed by atoms with E-state index >= 15 is 0 Å². The zero-order valence-corrected chi connectivity index (χ0v) is 4.27. The molecule has 0 atom stereocenters. The molecule has 0 saturated heterocycles. The Morgan fingerprint density at radius 1 is 1.62 bits per heavy atom. The Labute approximate surface area is 60.6 Å². The summed E-state index contributed by atoms with van der Waals surface area (Å²) in [6, 6.07) is 0. The Morgan fingerprint density at radius 3 is 2.00 bits per heavy atom. The van der Waals surface area contributed by atoms with E-state index in [-0.39, 0.29) is 24.3 Å². The molecule has 0 saturated carbocycles. The molecule has 3 nitrogen and oxygen atoms in total. The second-order valence-electron chi connectivity index (χ2n) is 1.14. The van der Waals surface area contributed by atoms with Gasteiger partial charge in [0.1, 0.15) is 0 Å². The number of hydrogen-bond donors (Lipinski definition) is 1. The molecule has 0 spiro atoms. The first-order valence-electron chi connectivity index (χ1n) is 1.99. The van der Waals surface area contributed by atoms with Gasteiger partial charge in [-0.05, 0) is 6.42 Å². The van der Waals surface area contributed by atoms with Gasteiger partial charge in [0.05, 0.1) is 0 Å². The van der Waals surface area contributed by atoms with Gasteiger partial charge in [0, 0.05) is 6.42 Å². The molecule has 0 rings (SSSR count). The van der Waals surface area contributed by atoms with E-state index in [0.29, 0.717) is 6.42 Å². The number of aliphatic carboxylic acids is 1. The molecule has 8 heavy (non-hydrogen) atoms. The van der Waals surface area contributed by atoms with Crippen LogP contribution < -0.4 is 0 Å². The monoisotopic (exact) mass is 114 g/mol. The van der Waals surface area contributed by atoms with Crippen molar-refractivity contribution in [1.82, 2.24) is 0 Å². The molecule has 0 aromatic carbocycles. The van der Waals surface area contributed by atoms with Crippen LogP contribution in [0.1, 0.15) is 19.8 Å². The third-order valence-corrected chi connectivity index (χ3v) is 0.464. The van der Waals surface area contributed by atoms with Crippen molar-refractivity contribution in [2.45, 2.75) is 19.8 Å². The van der Waals surface area contributed by atoms with Gasteiger partial charge in [-0.1, -0.05) is 6.92 Å². The Balaban J connectivity index is -0.000000125. The molecule has 0 aromatic rings. The molecule has 0 radical (unpaired) electrons. The van der Waals surface area contributed by atoms with Crippen LogP contribution in [0.5, 0.6) is 0 Å². The third kappa shape index (κ3) is 16.6. The van der Waals surface area contributed by atoms with Gasteiger partial charge in [0.25, 0.3) is 0 Å². The van der Waals surface area contributed by atoms with Crippen molar-refractivity contribution in [2.75, 3.05) is 0 Å². The summed E-state index contributed by atoms with van der Waals surface area (Å²) in [6.45, 7) is 1.84. The first kappa shape index (κ1) is 15.7. The van der Waals surface area contributed by atoms with Crippen molar-refractivity contribution in [3.8, 4) is 0 Å². The standard InChI is InChI=1S/C4H8O2.Li.H2O.H/c1-2-3-4(5)6;;;/h2-3H2,1H3,(H,5,6);;1H2;. The number of carbonyl (C=O) groups is 1. The molecule has 0 heterocycles. The van der Waals surface area contributed by atoms with Crippen molar-refractivity contribution in [3.05, 3.63) is 0 Å². The van der Waals surface area contributed by atoms with E-state index in [1.165, 1.54) is 0 Å². The van der Waals surface area contributed by atoms with Crippen LogP contribution in [-0.4, -0.2) is 35.4 Å². The summed E-state index contributed by atoms with van der Waals surface area (Å²) in [4.78, 5) is 9.60. The second kappa shape index (κ2) is 10.1. The zero-order valence-electron chi connectivity index (χ0n) is 4.27. The summed E-state index contributed by atoms with van der Waals surface area (Å²) in [6.07, 6.45) is 1.02. The Morgan fingerprint density at radius 2 is 2.00 bits per heavy atom. The van der Waals surface area contributed by atoms with Crippen LogP contribution >= 0.6 is 0 Å². The maximum atomic E-state index is 9.60. The molecular formula is C4H11LiO3. The molecule has 0 aliphatic heterocycles. The van der Waals surface area contributed by atoms with Gasteiger partial charge in [0.2, 0.25) is 0 Å². The van der Waals surface area contributed by atoms with Crippen LogP contribution in [0.15, 0.2) is 0 Å². The van der Waals surface area contributed by atoms with Crippen LogP contribution in [0.2, 0.25) is 0 Å². The summed E-state index contributed by atoms with van der Waals surface area (Å²) in [5.74, 6) is -0.711. The van der Waals surface area contributed by atoms with Gasteiger partial charge < -0.3 is 10.6 Å². The quantitative estimate of drug-likeness (QED) is 0.487. The van der Waals surface area contributed by atoms with E-state index in [2.05, 4.69) is 0 Å². The van der Waals surface area contributed by atoms with Gasteiger partial charge in [-0.3, -0.25) is 4.79 Å². The molecule has 3 N–H and O–H groups in total. The van der Waals surface area contributed by atoms with E-state index in [9.17, 15) is 4.79 Å². The van der Waals surface area contributed by atoms with Crippen LogP contribution in [0.25, 0.3) is 0 Å². The Hall–Kier alpha value is 0.0274. The Kier molecular flexibility index (Phi) is 19.8. The number of carboxylic acids is 1. The first-order valence-corrected chi connectivity index (χ1v) is 1.99. The number of hydrogen-bond acceptors (Lipinski definition) is 1. The number of rotatable bonds is 2. The molecular weight excluding hydrogens is 103 g/mol. The van der Waals surface area contributed by atoms with Gasteiger partial charge in [0.15, 0.2) is 0 Å². The first-order chi connectivity index (χ1) is 2.77. The second-order valence-corrected chi connectivity index (χ2v) is 1.14. The fraction of sp³-hybridized carbons (Fsp3) is 0.750. The minimum atomic E-state index is -0.711. The summed E-state index contributed by atoms with van der Waals surface area (Å²) >= 11 is 0. The molecule has 0 fully saturated rings. The maximum absolute atomic E-state index is 9.60. The molecule has 0 bridgehead atoms. The predicted molar refractivity (Wildman–Crippen MR) is 33.3 cm³/mol. The summed E-state index contributed by atoms with van der Waals surface area (Å²) in [5.41, 5.74) is 0. The van der Waals surface area contributed by atoms with Gasteiger partial charge in [-0.25, -0.2) is 0 Å². The van der Waals surface area contributed by atoms with Gasteiger partial charge in [-0.2, -0.15) is 0 Å². The van der Waals surface area contributed by atoms with Gasteiger partial charge in [-0.15, -0.1) is 0 Å². The van der Waals surface area contributed by atoms with E-state index in [1.54, 1.807) is 0 Å². The summed E-state index contributed by atoms with van der Waals surface area (Å²) < 4.78 is 0. The van der Waals surface area contributed by atoms with Crippen LogP contribution in [0.4, 0.5) is 0 Å². The molecule has 0 amide bonds. The normalized spacial score (nSPS) is 6.12. The predicted octanol–water partition coefficient (Wildman–Crippen LogP) is -0.602. The van der Waals surface area contributed by atoms with Crippen LogP contribution in [-0.2, 0) is 4.79 Å². The molecule has 4 heteroatoms. The number of carboxylic acid groups (broad SMARTS) is 1. The molecule has 0 aliphatic rings. The van der Waals surface area contributed by atoms with Crippen molar-refractivity contribution in [1.29, 1.82) is 0 Å².